The molecule has 0 radical (unpaired) electrons. The Bertz CT molecular complexity index is 1270. The molecule has 1 unspecified atom stereocenters. The molecule has 3 aromatic rings. The van der Waals surface area contributed by atoms with E-state index in [1.165, 1.54) is 4.90 Å². The van der Waals surface area contributed by atoms with Gasteiger partial charge < -0.3 is 19.0 Å². The molecule has 1 amide bonds. The monoisotopic (exact) mass is 445 g/mol. The Morgan fingerprint density at radius 1 is 1.09 bits per heavy atom. The molecule has 2 aromatic carbocycles. The smallest absolute Gasteiger partial charge is 0.300 e. The van der Waals surface area contributed by atoms with Crippen LogP contribution in [0, 0.1) is 6.92 Å². The number of fused-ring (bicyclic) bond motifs is 1. The van der Waals surface area contributed by atoms with Gasteiger partial charge in [-0.25, -0.2) is 0 Å². The van der Waals surface area contributed by atoms with Gasteiger partial charge in [-0.1, -0.05) is 0 Å². The standard InChI is InChI=1S/C26H23NO6/c1-15-5-11-21(33-15)23-22(24(28)17-6-12-20-16(14-17)4-3-13-32-20)25(29)26(30)27(23)18-7-9-19(31-2)10-8-18/h5-12,14,23,28H,3-4,13H2,1-2H3/b24-22-. The number of hydrogen-bond donors (Lipinski definition) is 1. The van der Waals surface area contributed by atoms with Crippen molar-refractivity contribution in [2.24, 2.45) is 0 Å². The Balaban J connectivity index is 1.66. The molecule has 2 aliphatic rings. The van der Waals surface area contributed by atoms with E-state index in [-0.39, 0.29) is 11.3 Å². The van der Waals surface area contributed by atoms with E-state index in [1.54, 1.807) is 62.6 Å². The van der Waals surface area contributed by atoms with Crippen molar-refractivity contribution in [3.8, 4) is 11.5 Å². The fraction of sp³-hybridized carbons (Fsp3) is 0.231. The number of rotatable bonds is 4. The molecule has 1 N–H and O–H groups in total. The fourth-order valence-corrected chi connectivity index (χ4v) is 4.37. The molecule has 1 aromatic heterocycles. The number of hydrogen-bond acceptors (Lipinski definition) is 6. The summed E-state index contributed by atoms with van der Waals surface area (Å²) in [5.41, 5.74) is 1.90. The predicted molar refractivity (Wildman–Crippen MR) is 121 cm³/mol. The van der Waals surface area contributed by atoms with Gasteiger partial charge in [-0.2, -0.15) is 0 Å². The van der Waals surface area contributed by atoms with E-state index in [2.05, 4.69) is 0 Å². The largest absolute Gasteiger partial charge is 0.507 e. The van der Waals surface area contributed by atoms with Crippen LogP contribution in [0.25, 0.3) is 5.76 Å². The fourth-order valence-electron chi connectivity index (χ4n) is 4.37. The van der Waals surface area contributed by atoms with Crippen LogP contribution in [0.4, 0.5) is 5.69 Å². The van der Waals surface area contributed by atoms with E-state index in [9.17, 15) is 14.7 Å². The molecule has 1 atom stereocenters. The maximum atomic E-state index is 13.2. The number of ketones is 1. The zero-order valence-corrected chi connectivity index (χ0v) is 18.3. The van der Waals surface area contributed by atoms with Gasteiger partial charge in [0.25, 0.3) is 11.7 Å². The molecular weight excluding hydrogens is 422 g/mol. The number of nitrogens with zero attached hydrogens (tertiary/aromatic N) is 1. The molecule has 7 nitrogen and oxygen atoms in total. The Kier molecular flexibility index (Phi) is 5.17. The second-order valence-electron chi connectivity index (χ2n) is 8.09. The summed E-state index contributed by atoms with van der Waals surface area (Å²) >= 11 is 0. The molecule has 33 heavy (non-hydrogen) atoms. The van der Waals surface area contributed by atoms with Gasteiger partial charge in [0.05, 0.1) is 19.3 Å². The molecule has 3 heterocycles. The molecule has 0 saturated carbocycles. The molecule has 5 rings (SSSR count). The number of aliphatic hydroxyl groups excluding tert-OH is 1. The van der Waals surface area contributed by atoms with Gasteiger partial charge in [-0.05, 0) is 79.9 Å². The topological polar surface area (TPSA) is 89.2 Å². The number of anilines is 1. The van der Waals surface area contributed by atoms with Crippen molar-refractivity contribution in [3.63, 3.8) is 0 Å². The summed E-state index contributed by atoms with van der Waals surface area (Å²) in [5, 5.41) is 11.3. The summed E-state index contributed by atoms with van der Waals surface area (Å²) in [6, 6.07) is 14.7. The number of benzene rings is 2. The van der Waals surface area contributed by atoms with Crippen LogP contribution in [-0.4, -0.2) is 30.5 Å². The number of Topliss-reactive ketones (excluding diaryl/α,β-unsaturated/α-hetero) is 1. The SMILES string of the molecule is COc1ccc(N2C(=O)C(=O)/C(=C(\O)c3ccc4c(c3)CCCO4)C2c2ccc(C)o2)cc1. The first kappa shape index (κ1) is 20.9. The minimum atomic E-state index is -0.903. The number of carbonyl (C=O) groups is 2. The minimum absolute atomic E-state index is 0.0122. The minimum Gasteiger partial charge on any atom is -0.507 e. The molecule has 0 aliphatic carbocycles. The highest BCUT2D eigenvalue weighted by Crippen LogP contribution is 2.43. The average Bonchev–Trinajstić information content (AvgIpc) is 3.39. The first-order chi connectivity index (χ1) is 16.0. The first-order valence-electron chi connectivity index (χ1n) is 10.8. The van der Waals surface area contributed by atoms with Crippen LogP contribution >= 0.6 is 0 Å². The molecule has 0 spiro atoms. The summed E-state index contributed by atoms with van der Waals surface area (Å²) in [7, 11) is 1.55. The Morgan fingerprint density at radius 3 is 2.58 bits per heavy atom. The van der Waals surface area contributed by atoms with E-state index >= 15 is 0 Å². The van der Waals surface area contributed by atoms with Crippen LogP contribution in [0.15, 0.2) is 64.6 Å². The maximum absolute atomic E-state index is 13.2. The lowest BCUT2D eigenvalue weighted by molar-refractivity contribution is -0.132. The summed E-state index contributed by atoms with van der Waals surface area (Å²) in [6.07, 6.45) is 1.70. The van der Waals surface area contributed by atoms with Gasteiger partial charge in [0.2, 0.25) is 0 Å². The lowest BCUT2D eigenvalue weighted by Crippen LogP contribution is -2.29. The molecule has 0 bridgehead atoms. The molecule has 7 heteroatoms. The van der Waals surface area contributed by atoms with Crippen molar-refractivity contribution in [2.75, 3.05) is 18.6 Å². The number of carbonyl (C=O) groups excluding carboxylic acids is 2. The normalized spacial score (nSPS) is 19.3. The van der Waals surface area contributed by atoms with Crippen LogP contribution in [0.2, 0.25) is 0 Å². The van der Waals surface area contributed by atoms with Crippen LogP contribution in [0.3, 0.4) is 0 Å². The Hall–Kier alpha value is -4.00. The molecule has 1 saturated heterocycles. The summed E-state index contributed by atoms with van der Waals surface area (Å²) in [6.45, 7) is 2.44. The average molecular weight is 445 g/mol. The van der Waals surface area contributed by atoms with Gasteiger partial charge in [-0.15, -0.1) is 0 Å². The zero-order chi connectivity index (χ0) is 23.1. The molecule has 1 fully saturated rings. The highest BCUT2D eigenvalue weighted by Gasteiger charge is 2.48. The van der Waals surface area contributed by atoms with Gasteiger partial charge in [0.15, 0.2) is 0 Å². The third-order valence-electron chi connectivity index (χ3n) is 6.01. The third kappa shape index (κ3) is 3.55. The van der Waals surface area contributed by atoms with Crippen LogP contribution < -0.4 is 14.4 Å². The van der Waals surface area contributed by atoms with E-state index in [4.69, 9.17) is 13.9 Å². The lowest BCUT2D eigenvalue weighted by Gasteiger charge is -2.24. The van der Waals surface area contributed by atoms with Crippen LogP contribution in [0.5, 0.6) is 11.5 Å². The van der Waals surface area contributed by atoms with E-state index in [0.717, 1.165) is 24.2 Å². The number of methoxy groups -OCH3 is 1. The first-order valence-corrected chi connectivity index (χ1v) is 10.8. The van der Waals surface area contributed by atoms with Gasteiger partial charge in [0, 0.05) is 11.3 Å². The van der Waals surface area contributed by atoms with Crippen LogP contribution in [-0.2, 0) is 16.0 Å². The lowest BCUT2D eigenvalue weighted by atomic mass is 9.96. The van der Waals surface area contributed by atoms with Crippen molar-refractivity contribution in [1.82, 2.24) is 0 Å². The van der Waals surface area contributed by atoms with Crippen molar-refractivity contribution in [1.29, 1.82) is 0 Å². The van der Waals surface area contributed by atoms with Crippen molar-refractivity contribution in [3.05, 3.63) is 82.8 Å². The number of aryl methyl sites for hydroxylation is 2. The Morgan fingerprint density at radius 2 is 1.88 bits per heavy atom. The number of aliphatic hydroxyl groups is 1. The molecule has 168 valence electrons. The van der Waals surface area contributed by atoms with Gasteiger partial charge >= 0.3 is 0 Å². The van der Waals surface area contributed by atoms with Gasteiger partial charge in [0.1, 0.15) is 34.8 Å². The number of ether oxygens (including phenoxy) is 2. The second-order valence-corrected chi connectivity index (χ2v) is 8.09. The van der Waals surface area contributed by atoms with E-state index < -0.39 is 17.7 Å². The van der Waals surface area contributed by atoms with Crippen LogP contribution in [0.1, 0.15) is 35.1 Å². The molecular formula is C26H23NO6. The third-order valence-corrected chi connectivity index (χ3v) is 6.01. The van der Waals surface area contributed by atoms with Crippen molar-refractivity contribution in [2.45, 2.75) is 25.8 Å². The highest BCUT2D eigenvalue weighted by atomic mass is 16.5. The molecule has 2 aliphatic heterocycles. The second kappa shape index (κ2) is 8.16. The predicted octanol–water partition coefficient (Wildman–Crippen LogP) is 4.55. The van der Waals surface area contributed by atoms with Crippen molar-refractivity contribution >= 4 is 23.1 Å². The maximum Gasteiger partial charge on any atom is 0.300 e. The number of furan rings is 1. The summed E-state index contributed by atoms with van der Waals surface area (Å²) < 4.78 is 16.7. The quantitative estimate of drug-likeness (QED) is 0.360. The Labute approximate surface area is 190 Å². The van der Waals surface area contributed by atoms with E-state index in [0.29, 0.717) is 35.1 Å². The summed E-state index contributed by atoms with van der Waals surface area (Å²) in [5.74, 6) is 0.684. The van der Waals surface area contributed by atoms with Crippen molar-refractivity contribution < 1.29 is 28.6 Å². The number of amides is 1. The summed E-state index contributed by atoms with van der Waals surface area (Å²) in [4.78, 5) is 27.7. The van der Waals surface area contributed by atoms with Gasteiger partial charge in [-0.3, -0.25) is 14.5 Å². The van der Waals surface area contributed by atoms with E-state index in [1.807, 2.05) is 6.07 Å². The zero-order valence-electron chi connectivity index (χ0n) is 18.3. The highest BCUT2D eigenvalue weighted by molar-refractivity contribution is 6.51.